The number of likely N-dealkylation sites (N-methyl/N-ethyl adjacent to an activating group) is 2. The van der Waals surface area contributed by atoms with E-state index in [0.29, 0.717) is 24.3 Å². The second kappa shape index (κ2) is 6.21. The number of hydrogen-bond donors (Lipinski definition) is 1. The number of carbonyl (C=O) groups excluding carboxylic acids is 1. The molecule has 0 bridgehead atoms. The summed E-state index contributed by atoms with van der Waals surface area (Å²) in [4.78, 5) is 16.2. The lowest BCUT2D eigenvalue weighted by Crippen LogP contribution is -2.48. The van der Waals surface area contributed by atoms with Crippen LogP contribution < -0.4 is 5.32 Å². The van der Waals surface area contributed by atoms with Crippen LogP contribution in [0.2, 0.25) is 0 Å². The molecule has 1 amide bonds. The van der Waals surface area contributed by atoms with Crippen molar-refractivity contribution < 1.29 is 4.79 Å². The highest BCUT2D eigenvalue weighted by Gasteiger charge is 2.25. The molecule has 4 nitrogen and oxygen atoms in total. The summed E-state index contributed by atoms with van der Waals surface area (Å²) in [5.41, 5.74) is 0. The first-order valence-electron chi connectivity index (χ1n) is 6.19. The van der Waals surface area contributed by atoms with Gasteiger partial charge in [-0.3, -0.25) is 4.79 Å². The van der Waals surface area contributed by atoms with E-state index in [9.17, 15) is 4.79 Å². The van der Waals surface area contributed by atoms with Crippen molar-refractivity contribution in [2.75, 3.05) is 40.3 Å². The van der Waals surface area contributed by atoms with Gasteiger partial charge in [0.1, 0.15) is 0 Å². The van der Waals surface area contributed by atoms with Crippen molar-refractivity contribution in [3.8, 4) is 0 Å². The predicted octanol–water partition coefficient (Wildman–Crippen LogP) is 0.395. The molecule has 1 saturated heterocycles. The van der Waals surface area contributed by atoms with Gasteiger partial charge in [0.25, 0.3) is 0 Å². The average molecular weight is 227 g/mol. The molecule has 0 aromatic carbocycles. The molecule has 1 aliphatic heterocycles. The summed E-state index contributed by atoms with van der Waals surface area (Å²) in [5, 5.41) is 3.21. The highest BCUT2D eigenvalue weighted by atomic mass is 16.2. The van der Waals surface area contributed by atoms with Crippen molar-refractivity contribution in [1.82, 2.24) is 15.1 Å². The van der Waals surface area contributed by atoms with Crippen molar-refractivity contribution in [2.45, 2.75) is 26.3 Å². The standard InChI is InChI=1S/C12H25N3O/c1-5-15(10(2)9-14(3)4)12(16)6-11-7-13-8-11/h10-11,13H,5-9H2,1-4H3. The topological polar surface area (TPSA) is 35.6 Å². The maximum atomic E-state index is 12.1. The molecule has 0 radical (unpaired) electrons. The van der Waals surface area contributed by atoms with Gasteiger partial charge in [0, 0.05) is 25.6 Å². The lowest BCUT2D eigenvalue weighted by molar-refractivity contribution is -0.134. The molecule has 1 atom stereocenters. The molecule has 4 heteroatoms. The van der Waals surface area contributed by atoms with Crippen LogP contribution in [0.25, 0.3) is 0 Å². The maximum absolute atomic E-state index is 12.1. The zero-order valence-electron chi connectivity index (χ0n) is 11.0. The van der Waals surface area contributed by atoms with Crippen molar-refractivity contribution in [1.29, 1.82) is 0 Å². The van der Waals surface area contributed by atoms with Gasteiger partial charge in [-0.25, -0.2) is 0 Å². The second-order valence-electron chi connectivity index (χ2n) is 5.02. The Bertz CT molecular complexity index is 226. The van der Waals surface area contributed by atoms with Crippen molar-refractivity contribution in [3.05, 3.63) is 0 Å². The first kappa shape index (κ1) is 13.5. The third kappa shape index (κ3) is 3.76. The van der Waals surface area contributed by atoms with Crippen LogP contribution in [0.15, 0.2) is 0 Å². The predicted molar refractivity (Wildman–Crippen MR) is 66.4 cm³/mol. The SMILES string of the molecule is CCN(C(=O)CC1CNC1)C(C)CN(C)C. The minimum Gasteiger partial charge on any atom is -0.339 e. The number of hydrogen-bond acceptors (Lipinski definition) is 3. The molecular formula is C12H25N3O. The first-order valence-corrected chi connectivity index (χ1v) is 6.19. The van der Waals surface area contributed by atoms with E-state index in [2.05, 4.69) is 24.1 Å². The molecule has 1 heterocycles. The molecule has 94 valence electrons. The number of rotatable bonds is 6. The van der Waals surface area contributed by atoms with E-state index < -0.39 is 0 Å². The van der Waals surface area contributed by atoms with E-state index in [1.165, 1.54) is 0 Å². The molecule has 1 rings (SSSR count). The van der Waals surface area contributed by atoms with Crippen LogP contribution in [-0.4, -0.2) is 62.0 Å². The van der Waals surface area contributed by atoms with Crippen molar-refractivity contribution >= 4 is 5.91 Å². The van der Waals surface area contributed by atoms with E-state index in [-0.39, 0.29) is 0 Å². The van der Waals surface area contributed by atoms with Crippen LogP contribution >= 0.6 is 0 Å². The summed E-state index contributed by atoms with van der Waals surface area (Å²) in [6.45, 7) is 7.94. The Morgan fingerprint density at radius 3 is 2.44 bits per heavy atom. The number of nitrogens with one attached hydrogen (secondary N) is 1. The highest BCUT2D eigenvalue weighted by Crippen LogP contribution is 2.12. The Labute approximate surface area is 99.0 Å². The van der Waals surface area contributed by atoms with Crippen molar-refractivity contribution in [2.24, 2.45) is 5.92 Å². The van der Waals surface area contributed by atoms with Gasteiger partial charge in [-0.1, -0.05) is 0 Å². The molecule has 1 N–H and O–H groups in total. The van der Waals surface area contributed by atoms with Gasteiger partial charge in [0.05, 0.1) is 0 Å². The Morgan fingerprint density at radius 1 is 1.44 bits per heavy atom. The van der Waals surface area contributed by atoms with Gasteiger partial charge in [-0.15, -0.1) is 0 Å². The van der Waals surface area contributed by atoms with E-state index >= 15 is 0 Å². The van der Waals surface area contributed by atoms with Gasteiger partial charge in [0.2, 0.25) is 5.91 Å². The highest BCUT2D eigenvalue weighted by molar-refractivity contribution is 5.77. The Hall–Kier alpha value is -0.610. The van der Waals surface area contributed by atoms with Crippen molar-refractivity contribution in [3.63, 3.8) is 0 Å². The molecule has 0 aromatic rings. The van der Waals surface area contributed by atoms with E-state index in [1.54, 1.807) is 0 Å². The molecule has 0 saturated carbocycles. The second-order valence-corrected chi connectivity index (χ2v) is 5.02. The van der Waals surface area contributed by atoms with E-state index in [1.807, 2.05) is 19.0 Å². The first-order chi connectivity index (χ1) is 7.54. The fourth-order valence-electron chi connectivity index (χ4n) is 2.22. The largest absolute Gasteiger partial charge is 0.339 e. The molecule has 0 aromatic heterocycles. The summed E-state index contributed by atoms with van der Waals surface area (Å²) in [6, 6.07) is 0.306. The van der Waals surface area contributed by atoms with E-state index in [4.69, 9.17) is 0 Å². The molecular weight excluding hydrogens is 202 g/mol. The quantitative estimate of drug-likeness (QED) is 0.713. The molecule has 16 heavy (non-hydrogen) atoms. The normalized spacial score (nSPS) is 18.3. The Morgan fingerprint density at radius 2 is 2.06 bits per heavy atom. The maximum Gasteiger partial charge on any atom is 0.223 e. The summed E-state index contributed by atoms with van der Waals surface area (Å²) < 4.78 is 0. The summed E-state index contributed by atoms with van der Waals surface area (Å²) in [6.07, 6.45) is 0.707. The molecule has 1 unspecified atom stereocenters. The van der Waals surface area contributed by atoms with Gasteiger partial charge in [-0.2, -0.15) is 0 Å². The Kier molecular flexibility index (Phi) is 5.22. The number of nitrogens with zero attached hydrogens (tertiary/aromatic N) is 2. The third-order valence-electron chi connectivity index (χ3n) is 3.15. The zero-order valence-corrected chi connectivity index (χ0v) is 11.0. The van der Waals surface area contributed by atoms with Crippen LogP contribution in [0, 0.1) is 5.92 Å². The van der Waals surface area contributed by atoms with Gasteiger partial charge in [0.15, 0.2) is 0 Å². The van der Waals surface area contributed by atoms with Gasteiger partial charge < -0.3 is 15.1 Å². The summed E-state index contributed by atoms with van der Waals surface area (Å²) in [7, 11) is 4.09. The number of carbonyl (C=O) groups is 1. The van der Waals surface area contributed by atoms with Crippen LogP contribution in [-0.2, 0) is 4.79 Å². The monoisotopic (exact) mass is 227 g/mol. The lowest BCUT2D eigenvalue weighted by atomic mass is 9.98. The fourth-order valence-corrected chi connectivity index (χ4v) is 2.22. The average Bonchev–Trinajstić information content (AvgIpc) is 2.11. The summed E-state index contributed by atoms with van der Waals surface area (Å²) in [5.74, 6) is 0.872. The molecule has 0 spiro atoms. The molecule has 0 aliphatic carbocycles. The minimum absolute atomic E-state index is 0.306. The van der Waals surface area contributed by atoms with Crippen LogP contribution in [0.1, 0.15) is 20.3 Å². The fraction of sp³-hybridized carbons (Fsp3) is 0.917. The number of amides is 1. The van der Waals surface area contributed by atoms with Crippen LogP contribution in [0.5, 0.6) is 0 Å². The Balaban J connectivity index is 2.41. The molecule has 1 fully saturated rings. The third-order valence-corrected chi connectivity index (χ3v) is 3.15. The molecule has 1 aliphatic rings. The van der Waals surface area contributed by atoms with Gasteiger partial charge >= 0.3 is 0 Å². The van der Waals surface area contributed by atoms with Crippen LogP contribution in [0.4, 0.5) is 0 Å². The summed E-state index contributed by atoms with van der Waals surface area (Å²) >= 11 is 0. The van der Waals surface area contributed by atoms with Gasteiger partial charge in [-0.05, 0) is 47.0 Å². The zero-order chi connectivity index (χ0) is 12.1. The van der Waals surface area contributed by atoms with E-state index in [0.717, 1.165) is 26.2 Å². The minimum atomic E-state index is 0.306. The van der Waals surface area contributed by atoms with Crippen LogP contribution in [0.3, 0.4) is 0 Å². The lowest BCUT2D eigenvalue weighted by Gasteiger charge is -2.33. The smallest absolute Gasteiger partial charge is 0.223 e.